The van der Waals surface area contributed by atoms with E-state index in [1.54, 1.807) is 17.8 Å². The first-order valence-electron chi connectivity index (χ1n) is 6.54. The maximum Gasteiger partial charge on any atom is 0.339 e. The number of ether oxygens (including phenoxy) is 1. The van der Waals surface area contributed by atoms with E-state index in [1.807, 2.05) is 42.5 Å². The molecule has 0 atom stereocenters. The highest BCUT2D eigenvalue weighted by atomic mass is 35.5. The monoisotopic (exact) mass is 334 g/mol. The third-order valence-electron chi connectivity index (χ3n) is 2.96. The third-order valence-corrected chi connectivity index (χ3v) is 4.24. The summed E-state index contributed by atoms with van der Waals surface area (Å²) in [5, 5.41) is 10.0. The van der Waals surface area contributed by atoms with Crippen molar-refractivity contribution in [1.29, 1.82) is 0 Å². The topological polar surface area (TPSA) is 46.5 Å². The molecule has 0 radical (unpaired) electrons. The van der Waals surface area contributed by atoms with Crippen LogP contribution >= 0.6 is 23.4 Å². The summed E-state index contributed by atoms with van der Waals surface area (Å²) in [6.45, 7) is 0. The summed E-state index contributed by atoms with van der Waals surface area (Å²) in [5.41, 5.74) is 1.73. The average molecular weight is 335 g/mol. The Hall–Kier alpha value is -1.91. The van der Waals surface area contributed by atoms with E-state index in [1.165, 1.54) is 13.4 Å². The number of methoxy groups -OCH3 is 1. The van der Waals surface area contributed by atoms with Gasteiger partial charge in [-0.25, -0.2) is 4.79 Å². The van der Waals surface area contributed by atoms with E-state index in [9.17, 15) is 9.90 Å². The highest BCUT2D eigenvalue weighted by Gasteiger charge is 2.14. The van der Waals surface area contributed by atoms with Gasteiger partial charge in [0.05, 0.1) is 13.4 Å². The predicted molar refractivity (Wildman–Crippen MR) is 90.1 cm³/mol. The van der Waals surface area contributed by atoms with E-state index in [0.717, 1.165) is 10.5 Å². The van der Waals surface area contributed by atoms with E-state index >= 15 is 0 Å². The molecular weight excluding hydrogens is 320 g/mol. The molecule has 2 aromatic rings. The molecule has 0 saturated carbocycles. The summed E-state index contributed by atoms with van der Waals surface area (Å²) in [6, 6.07) is 15.0. The fourth-order valence-electron chi connectivity index (χ4n) is 1.97. The summed E-state index contributed by atoms with van der Waals surface area (Å²) in [5.74, 6) is -0.368. The number of halogens is 1. The van der Waals surface area contributed by atoms with Crippen LogP contribution in [0.4, 0.5) is 0 Å². The molecule has 2 aromatic carbocycles. The Bertz CT molecular complexity index is 698. The zero-order valence-corrected chi connectivity index (χ0v) is 13.5. The molecule has 0 aliphatic heterocycles. The van der Waals surface area contributed by atoms with Crippen LogP contribution in [-0.2, 0) is 15.3 Å². The molecule has 0 bridgehead atoms. The van der Waals surface area contributed by atoms with Gasteiger partial charge in [0.25, 0.3) is 0 Å². The molecule has 0 saturated heterocycles. The second-order valence-corrected chi connectivity index (χ2v) is 5.96. The van der Waals surface area contributed by atoms with Gasteiger partial charge in [0, 0.05) is 15.7 Å². The fraction of sp³-hybridized carbons (Fsp3) is 0.118. The smallest absolute Gasteiger partial charge is 0.339 e. The van der Waals surface area contributed by atoms with E-state index in [-0.39, 0.29) is 5.57 Å². The summed E-state index contributed by atoms with van der Waals surface area (Å²) in [4.78, 5) is 12.4. The molecule has 0 fully saturated rings. The van der Waals surface area contributed by atoms with Crippen LogP contribution in [0.5, 0.6) is 0 Å². The molecule has 0 amide bonds. The summed E-state index contributed by atoms with van der Waals surface area (Å²) in [7, 11) is 1.44. The minimum atomic E-state index is -1.01. The molecule has 5 heteroatoms. The van der Waals surface area contributed by atoms with Crippen LogP contribution in [0.3, 0.4) is 0 Å². The molecule has 0 heterocycles. The number of benzene rings is 2. The van der Waals surface area contributed by atoms with Gasteiger partial charge in [-0.3, -0.25) is 0 Å². The third kappa shape index (κ3) is 4.29. The number of rotatable bonds is 6. The van der Waals surface area contributed by atoms with Crippen LogP contribution < -0.4 is 0 Å². The Morgan fingerprint density at radius 1 is 1.27 bits per heavy atom. The maximum absolute atomic E-state index is 11.4. The fourth-order valence-corrected chi connectivity index (χ4v) is 3.19. The average Bonchev–Trinajstić information content (AvgIpc) is 2.51. The van der Waals surface area contributed by atoms with Crippen molar-refractivity contribution in [1.82, 2.24) is 0 Å². The first-order valence-corrected chi connectivity index (χ1v) is 7.91. The van der Waals surface area contributed by atoms with Crippen molar-refractivity contribution in [3.63, 3.8) is 0 Å². The second kappa shape index (κ2) is 7.92. The molecule has 0 aliphatic rings. The van der Waals surface area contributed by atoms with E-state index in [4.69, 9.17) is 16.3 Å². The summed E-state index contributed by atoms with van der Waals surface area (Å²) < 4.78 is 4.89. The Labute approximate surface area is 138 Å². The predicted octanol–water partition coefficient (Wildman–Crippen LogP) is 4.70. The Balaban J connectivity index is 2.25. The quantitative estimate of drug-likeness (QED) is 0.472. The van der Waals surface area contributed by atoms with Gasteiger partial charge in [-0.2, -0.15) is 0 Å². The molecule has 22 heavy (non-hydrogen) atoms. The van der Waals surface area contributed by atoms with Gasteiger partial charge in [0.1, 0.15) is 5.57 Å². The van der Waals surface area contributed by atoms with Gasteiger partial charge in [-0.15, -0.1) is 11.8 Å². The maximum atomic E-state index is 11.4. The lowest BCUT2D eigenvalue weighted by molar-refractivity contribution is -0.130. The number of aliphatic carboxylic acids is 1. The van der Waals surface area contributed by atoms with Gasteiger partial charge in [0.15, 0.2) is 0 Å². The number of hydrogen-bond donors (Lipinski definition) is 1. The normalized spacial score (nSPS) is 11.3. The molecule has 114 valence electrons. The Morgan fingerprint density at radius 2 is 2.05 bits per heavy atom. The van der Waals surface area contributed by atoms with Crippen molar-refractivity contribution >= 4 is 34.9 Å². The standard InChI is InChI=1S/C17H15ClO3S/c1-21-10-16(17(19)20)15-8-3-2-5-12(15)11-22-14-7-4-6-13(18)9-14/h2-10H,11H2,1H3,(H,19,20). The minimum absolute atomic E-state index is 0.143. The number of carbonyl (C=O) groups is 1. The number of hydrogen-bond acceptors (Lipinski definition) is 3. The molecule has 3 nitrogen and oxygen atoms in total. The van der Waals surface area contributed by atoms with E-state index in [2.05, 4.69) is 0 Å². The SMILES string of the molecule is COC=C(C(=O)O)c1ccccc1CSc1cccc(Cl)c1. The summed E-state index contributed by atoms with van der Waals surface area (Å²) >= 11 is 7.58. The van der Waals surface area contributed by atoms with Gasteiger partial charge in [-0.05, 0) is 29.3 Å². The Kier molecular flexibility index (Phi) is 5.92. The highest BCUT2D eigenvalue weighted by molar-refractivity contribution is 7.98. The number of thioether (sulfide) groups is 1. The molecular formula is C17H15ClO3S. The lowest BCUT2D eigenvalue weighted by Crippen LogP contribution is -2.03. The van der Waals surface area contributed by atoms with Crippen molar-refractivity contribution in [2.45, 2.75) is 10.6 Å². The van der Waals surface area contributed by atoms with E-state index < -0.39 is 5.97 Å². The Morgan fingerprint density at radius 3 is 2.73 bits per heavy atom. The molecule has 0 aliphatic carbocycles. The van der Waals surface area contributed by atoms with Gasteiger partial charge < -0.3 is 9.84 Å². The van der Waals surface area contributed by atoms with Crippen molar-refractivity contribution in [2.24, 2.45) is 0 Å². The van der Waals surface area contributed by atoms with Crippen LogP contribution in [-0.4, -0.2) is 18.2 Å². The van der Waals surface area contributed by atoms with Crippen molar-refractivity contribution in [2.75, 3.05) is 7.11 Å². The number of carboxylic acids is 1. The molecule has 0 unspecified atom stereocenters. The first kappa shape index (κ1) is 16.5. The van der Waals surface area contributed by atoms with Crippen LogP contribution in [0.15, 0.2) is 59.7 Å². The molecule has 0 aromatic heterocycles. The zero-order valence-electron chi connectivity index (χ0n) is 12.0. The minimum Gasteiger partial charge on any atom is -0.503 e. The van der Waals surface area contributed by atoms with Crippen LogP contribution in [0.2, 0.25) is 5.02 Å². The molecule has 2 rings (SSSR count). The van der Waals surface area contributed by atoms with Crippen molar-refractivity contribution in [3.8, 4) is 0 Å². The van der Waals surface area contributed by atoms with Crippen molar-refractivity contribution in [3.05, 3.63) is 70.9 Å². The van der Waals surface area contributed by atoms with Gasteiger partial charge in [-0.1, -0.05) is 41.9 Å². The zero-order chi connectivity index (χ0) is 15.9. The molecule has 0 spiro atoms. The van der Waals surface area contributed by atoms with Gasteiger partial charge >= 0.3 is 5.97 Å². The second-order valence-electron chi connectivity index (χ2n) is 4.48. The first-order chi connectivity index (χ1) is 10.6. The van der Waals surface area contributed by atoms with Crippen LogP contribution in [0.1, 0.15) is 11.1 Å². The van der Waals surface area contributed by atoms with Crippen LogP contribution in [0.25, 0.3) is 5.57 Å². The lowest BCUT2D eigenvalue weighted by atomic mass is 10.0. The van der Waals surface area contributed by atoms with Crippen molar-refractivity contribution < 1.29 is 14.6 Å². The lowest BCUT2D eigenvalue weighted by Gasteiger charge is -2.10. The largest absolute Gasteiger partial charge is 0.503 e. The number of carboxylic acid groups (broad SMARTS) is 1. The van der Waals surface area contributed by atoms with Gasteiger partial charge in [0.2, 0.25) is 0 Å². The van der Waals surface area contributed by atoms with Crippen LogP contribution in [0, 0.1) is 0 Å². The summed E-state index contributed by atoms with van der Waals surface area (Å²) in [6.07, 6.45) is 1.26. The molecule has 1 N–H and O–H groups in total. The highest BCUT2D eigenvalue weighted by Crippen LogP contribution is 2.29. The van der Waals surface area contributed by atoms with E-state index in [0.29, 0.717) is 16.3 Å².